The number of amides is 1. The molecule has 1 aromatic heterocycles. The van der Waals surface area contributed by atoms with Gasteiger partial charge in [-0.3, -0.25) is 14.3 Å². The fourth-order valence-corrected chi connectivity index (χ4v) is 3.29. The van der Waals surface area contributed by atoms with E-state index in [4.69, 9.17) is 4.74 Å². The van der Waals surface area contributed by atoms with Crippen molar-refractivity contribution < 1.29 is 27.5 Å². The van der Waals surface area contributed by atoms with Gasteiger partial charge in [0.1, 0.15) is 0 Å². The minimum Gasteiger partial charge on any atom is -0.378 e. The van der Waals surface area contributed by atoms with Crippen LogP contribution in [0.1, 0.15) is 27.3 Å². The average molecular weight is 410 g/mol. The van der Waals surface area contributed by atoms with Crippen molar-refractivity contribution in [2.45, 2.75) is 20.0 Å². The first-order valence-corrected chi connectivity index (χ1v) is 8.99. The second-order valence-electron chi connectivity index (χ2n) is 6.78. The number of carbonyl (C=O) groups excluding carboxylic acids is 2. The van der Waals surface area contributed by atoms with Crippen LogP contribution in [0, 0.1) is 13.8 Å². The van der Waals surface area contributed by atoms with Gasteiger partial charge >= 0.3 is 6.18 Å². The quantitative estimate of drug-likeness (QED) is 0.620. The Balaban J connectivity index is 1.94. The Hall–Kier alpha value is -2.88. The summed E-state index contributed by atoms with van der Waals surface area (Å²) < 4.78 is 46.3. The van der Waals surface area contributed by atoms with Crippen molar-refractivity contribution in [1.82, 2.24) is 9.78 Å². The van der Waals surface area contributed by atoms with Gasteiger partial charge in [-0.2, -0.15) is 18.3 Å². The highest BCUT2D eigenvalue weighted by Crippen LogP contribution is 2.36. The number of anilines is 2. The highest BCUT2D eigenvalue weighted by molar-refractivity contribution is 6.47. The zero-order valence-electron chi connectivity index (χ0n) is 16.3. The summed E-state index contributed by atoms with van der Waals surface area (Å²) in [5.41, 5.74) is 0.444. The molecule has 1 N–H and O–H groups in total. The lowest BCUT2D eigenvalue weighted by molar-refractivity contribution is -0.137. The van der Waals surface area contributed by atoms with Gasteiger partial charge in [-0.15, -0.1) is 0 Å². The van der Waals surface area contributed by atoms with Gasteiger partial charge in [-0.05, 0) is 32.0 Å². The maximum atomic E-state index is 13.2. The molecular weight excluding hydrogens is 389 g/mol. The molecular formula is C19H21F3N4O3. The normalized spacial score (nSPS) is 14.8. The number of hydrogen-bond donors (Lipinski definition) is 1. The van der Waals surface area contributed by atoms with Crippen LogP contribution in [0.5, 0.6) is 0 Å². The van der Waals surface area contributed by atoms with Crippen LogP contribution in [0.4, 0.5) is 24.5 Å². The SMILES string of the molecule is Cc1nn(C)c(C)c1C(=O)C(=O)Nc1cc(C(F)(F)F)ccc1N1CCOCC1. The van der Waals surface area contributed by atoms with Crippen LogP contribution in [0.25, 0.3) is 0 Å². The number of nitrogens with one attached hydrogen (secondary N) is 1. The number of ether oxygens (including phenoxy) is 1. The third-order valence-corrected chi connectivity index (χ3v) is 4.87. The predicted octanol–water partition coefficient (Wildman–Crippen LogP) is 2.71. The van der Waals surface area contributed by atoms with Crippen molar-refractivity contribution in [2.75, 3.05) is 36.5 Å². The number of nitrogens with zero attached hydrogens (tertiary/aromatic N) is 3. The maximum Gasteiger partial charge on any atom is 0.416 e. The number of Topliss-reactive ketones (excluding diaryl/α,β-unsaturated/α-hetero) is 1. The molecule has 0 saturated carbocycles. The Morgan fingerprint density at radius 2 is 1.83 bits per heavy atom. The Morgan fingerprint density at radius 3 is 2.38 bits per heavy atom. The van der Waals surface area contributed by atoms with Crippen LogP contribution in [0.2, 0.25) is 0 Å². The number of aryl methyl sites for hydroxylation is 2. The molecule has 0 aliphatic carbocycles. The minimum atomic E-state index is -4.58. The smallest absolute Gasteiger partial charge is 0.378 e. The van der Waals surface area contributed by atoms with Crippen molar-refractivity contribution >= 4 is 23.1 Å². The lowest BCUT2D eigenvalue weighted by Crippen LogP contribution is -2.37. The van der Waals surface area contributed by atoms with E-state index in [9.17, 15) is 22.8 Å². The van der Waals surface area contributed by atoms with Crippen molar-refractivity contribution in [3.8, 4) is 0 Å². The van der Waals surface area contributed by atoms with Gasteiger partial charge < -0.3 is 15.0 Å². The number of benzene rings is 1. The summed E-state index contributed by atoms with van der Waals surface area (Å²) in [6.07, 6.45) is -4.58. The monoisotopic (exact) mass is 410 g/mol. The Morgan fingerprint density at radius 1 is 1.17 bits per heavy atom. The highest BCUT2D eigenvalue weighted by atomic mass is 19.4. The minimum absolute atomic E-state index is 0.0701. The fraction of sp³-hybridized carbons (Fsp3) is 0.421. The zero-order chi connectivity index (χ0) is 21.3. The van der Waals surface area contributed by atoms with E-state index in [1.165, 1.54) is 10.7 Å². The molecule has 1 saturated heterocycles. The van der Waals surface area contributed by atoms with Crippen LogP contribution in [0.3, 0.4) is 0 Å². The van der Waals surface area contributed by atoms with Crippen molar-refractivity contribution in [2.24, 2.45) is 7.05 Å². The van der Waals surface area contributed by atoms with Gasteiger partial charge in [0, 0.05) is 25.8 Å². The molecule has 2 aromatic rings. The van der Waals surface area contributed by atoms with Gasteiger partial charge in [-0.25, -0.2) is 0 Å². The lowest BCUT2D eigenvalue weighted by Gasteiger charge is -2.31. The molecule has 156 valence electrons. The molecule has 7 nitrogen and oxygen atoms in total. The molecule has 29 heavy (non-hydrogen) atoms. The molecule has 1 aliphatic heterocycles. The van der Waals surface area contributed by atoms with E-state index in [-0.39, 0.29) is 11.3 Å². The molecule has 3 rings (SSSR count). The molecule has 1 aromatic carbocycles. The number of ketones is 1. The van der Waals surface area contributed by atoms with E-state index in [1.807, 2.05) is 4.90 Å². The lowest BCUT2D eigenvalue weighted by atomic mass is 10.1. The van der Waals surface area contributed by atoms with E-state index in [2.05, 4.69) is 10.4 Å². The molecule has 10 heteroatoms. The van der Waals surface area contributed by atoms with E-state index in [0.717, 1.165) is 12.1 Å². The van der Waals surface area contributed by atoms with Crippen LogP contribution in [-0.4, -0.2) is 47.8 Å². The third kappa shape index (κ3) is 4.26. The van der Waals surface area contributed by atoms with Crippen LogP contribution in [0.15, 0.2) is 18.2 Å². The summed E-state index contributed by atoms with van der Waals surface area (Å²) >= 11 is 0. The van der Waals surface area contributed by atoms with Crippen molar-refractivity contribution in [3.05, 3.63) is 40.7 Å². The first-order chi connectivity index (χ1) is 13.6. The average Bonchev–Trinajstić information content (AvgIpc) is 2.92. The van der Waals surface area contributed by atoms with Gasteiger partial charge in [0.25, 0.3) is 11.7 Å². The first-order valence-electron chi connectivity index (χ1n) is 8.99. The topological polar surface area (TPSA) is 76.5 Å². The number of hydrogen-bond acceptors (Lipinski definition) is 5. The summed E-state index contributed by atoms with van der Waals surface area (Å²) in [5.74, 6) is -1.86. The standard InChI is InChI=1S/C19H21F3N4O3/c1-11-16(12(2)25(3)24-11)17(27)18(28)23-14-10-13(19(20,21)22)4-5-15(14)26-6-8-29-9-7-26/h4-5,10H,6-9H2,1-3H3,(H,23,28). The third-order valence-electron chi connectivity index (χ3n) is 4.87. The second-order valence-corrected chi connectivity index (χ2v) is 6.78. The maximum absolute atomic E-state index is 13.2. The fourth-order valence-electron chi connectivity index (χ4n) is 3.29. The Labute approximate surface area is 165 Å². The van der Waals surface area contributed by atoms with Gasteiger partial charge in [0.15, 0.2) is 0 Å². The number of aromatic nitrogens is 2. The summed E-state index contributed by atoms with van der Waals surface area (Å²) in [5, 5.41) is 6.48. The second kappa shape index (κ2) is 7.86. The zero-order valence-corrected chi connectivity index (χ0v) is 16.3. The van der Waals surface area contributed by atoms with Crippen molar-refractivity contribution in [3.63, 3.8) is 0 Å². The Bertz CT molecular complexity index is 947. The number of alkyl halides is 3. The van der Waals surface area contributed by atoms with Crippen LogP contribution in [-0.2, 0) is 22.8 Å². The number of carbonyl (C=O) groups is 2. The van der Waals surface area contributed by atoms with Gasteiger partial charge in [0.2, 0.25) is 0 Å². The molecule has 1 aliphatic rings. The number of morpholine rings is 1. The van der Waals surface area contributed by atoms with E-state index < -0.39 is 23.4 Å². The van der Waals surface area contributed by atoms with Gasteiger partial charge in [-0.1, -0.05) is 0 Å². The summed E-state index contributed by atoms with van der Waals surface area (Å²) in [6, 6.07) is 3.10. The molecule has 0 bridgehead atoms. The van der Waals surface area contributed by atoms with E-state index >= 15 is 0 Å². The number of rotatable bonds is 4. The number of halogens is 3. The molecule has 0 spiro atoms. The summed E-state index contributed by atoms with van der Waals surface area (Å²) in [7, 11) is 1.64. The summed E-state index contributed by atoms with van der Waals surface area (Å²) in [4.78, 5) is 27.1. The predicted molar refractivity (Wildman–Crippen MR) is 100 cm³/mol. The van der Waals surface area contributed by atoms with Gasteiger partial charge in [0.05, 0.1) is 41.4 Å². The molecule has 0 radical (unpaired) electrons. The van der Waals surface area contributed by atoms with E-state index in [0.29, 0.717) is 43.4 Å². The largest absolute Gasteiger partial charge is 0.416 e. The van der Waals surface area contributed by atoms with E-state index in [1.54, 1.807) is 20.9 Å². The molecule has 0 unspecified atom stereocenters. The van der Waals surface area contributed by atoms with Crippen LogP contribution >= 0.6 is 0 Å². The van der Waals surface area contributed by atoms with Crippen LogP contribution < -0.4 is 10.2 Å². The molecule has 1 amide bonds. The molecule has 1 fully saturated rings. The highest BCUT2D eigenvalue weighted by Gasteiger charge is 2.32. The van der Waals surface area contributed by atoms with Crippen molar-refractivity contribution in [1.29, 1.82) is 0 Å². The molecule has 2 heterocycles. The summed E-state index contributed by atoms with van der Waals surface area (Å²) in [6.45, 7) is 5.00. The Kier molecular flexibility index (Phi) is 5.65. The first kappa shape index (κ1) is 20.8. The molecule has 0 atom stereocenters.